The van der Waals surface area contributed by atoms with Crippen molar-refractivity contribution in [2.24, 2.45) is 0 Å². The van der Waals surface area contributed by atoms with Crippen LogP contribution in [0.25, 0.3) is 17.0 Å². The summed E-state index contributed by atoms with van der Waals surface area (Å²) in [5, 5.41) is 7.10. The highest BCUT2D eigenvalue weighted by Crippen LogP contribution is 2.26. The van der Waals surface area contributed by atoms with Crippen LogP contribution in [-0.2, 0) is 4.79 Å². The smallest absolute Gasteiger partial charge is 0.248 e. The molecule has 0 radical (unpaired) electrons. The van der Waals surface area contributed by atoms with Gasteiger partial charge in [0.15, 0.2) is 0 Å². The van der Waals surface area contributed by atoms with Crippen molar-refractivity contribution in [1.29, 1.82) is 0 Å². The highest BCUT2D eigenvalue weighted by molar-refractivity contribution is 7.09. The first-order chi connectivity index (χ1) is 10.6. The van der Waals surface area contributed by atoms with Gasteiger partial charge in [0.25, 0.3) is 0 Å². The zero-order valence-corrected chi connectivity index (χ0v) is 13.3. The van der Waals surface area contributed by atoms with Crippen LogP contribution in [0.2, 0.25) is 5.02 Å². The van der Waals surface area contributed by atoms with E-state index >= 15 is 0 Å². The quantitative estimate of drug-likeness (QED) is 0.729. The van der Waals surface area contributed by atoms with Crippen molar-refractivity contribution >= 4 is 51.5 Å². The normalized spacial score (nSPS) is 11.2. The molecule has 22 heavy (non-hydrogen) atoms. The minimum absolute atomic E-state index is 0.250. The van der Waals surface area contributed by atoms with Gasteiger partial charge >= 0.3 is 0 Å². The Morgan fingerprint density at radius 1 is 1.41 bits per heavy atom. The first-order valence-electron chi connectivity index (χ1n) is 6.57. The second-order valence-corrected chi connectivity index (χ2v) is 6.14. The van der Waals surface area contributed by atoms with Crippen LogP contribution in [0, 0.1) is 6.92 Å². The average molecular weight is 330 g/mol. The van der Waals surface area contributed by atoms with Gasteiger partial charge in [-0.1, -0.05) is 17.7 Å². The fourth-order valence-corrected chi connectivity index (χ4v) is 2.85. The number of hydrogen-bond acceptors (Lipinski definition) is 4. The molecule has 0 atom stereocenters. The maximum Gasteiger partial charge on any atom is 0.248 e. The van der Waals surface area contributed by atoms with Crippen LogP contribution in [0.4, 0.5) is 5.69 Å². The molecule has 0 aliphatic carbocycles. The van der Waals surface area contributed by atoms with Gasteiger partial charge in [-0.3, -0.25) is 9.78 Å². The Kier molecular flexibility index (Phi) is 4.18. The van der Waals surface area contributed by atoms with Crippen molar-refractivity contribution in [3.8, 4) is 0 Å². The van der Waals surface area contributed by atoms with E-state index in [9.17, 15) is 4.79 Å². The van der Waals surface area contributed by atoms with Gasteiger partial charge in [-0.15, -0.1) is 11.3 Å². The number of carbonyl (C=O) groups is 1. The van der Waals surface area contributed by atoms with Crippen LogP contribution in [-0.4, -0.2) is 15.9 Å². The Bertz CT molecular complexity index is 873. The Labute approximate surface area is 136 Å². The van der Waals surface area contributed by atoms with Crippen molar-refractivity contribution in [2.75, 3.05) is 5.32 Å². The van der Waals surface area contributed by atoms with Gasteiger partial charge in [-0.25, -0.2) is 4.98 Å². The molecule has 2 heterocycles. The van der Waals surface area contributed by atoms with Crippen molar-refractivity contribution in [1.82, 2.24) is 9.97 Å². The Balaban J connectivity index is 1.83. The maximum absolute atomic E-state index is 12.1. The topological polar surface area (TPSA) is 54.9 Å². The molecular weight excluding hydrogens is 318 g/mol. The average Bonchev–Trinajstić information content (AvgIpc) is 2.91. The highest BCUT2D eigenvalue weighted by atomic mass is 35.5. The predicted molar refractivity (Wildman–Crippen MR) is 91.3 cm³/mol. The molecule has 0 aliphatic rings. The van der Waals surface area contributed by atoms with Crippen molar-refractivity contribution in [2.45, 2.75) is 6.92 Å². The maximum atomic E-state index is 12.1. The van der Waals surface area contributed by atoms with E-state index in [0.717, 1.165) is 16.1 Å². The van der Waals surface area contributed by atoms with Crippen LogP contribution in [0.5, 0.6) is 0 Å². The van der Waals surface area contributed by atoms with Gasteiger partial charge in [0, 0.05) is 28.1 Å². The molecule has 3 aromatic rings. The van der Waals surface area contributed by atoms with Crippen LogP contribution in [0.3, 0.4) is 0 Å². The number of carbonyl (C=O) groups excluding carboxylic acids is 1. The first kappa shape index (κ1) is 14.7. The van der Waals surface area contributed by atoms with E-state index in [1.54, 1.807) is 29.7 Å². The number of aryl methyl sites for hydroxylation is 1. The molecule has 4 nitrogen and oxygen atoms in total. The Morgan fingerprint density at radius 3 is 3.05 bits per heavy atom. The van der Waals surface area contributed by atoms with E-state index in [1.807, 2.05) is 30.5 Å². The molecule has 0 aliphatic heterocycles. The van der Waals surface area contributed by atoms with Crippen molar-refractivity contribution in [3.63, 3.8) is 0 Å². The van der Waals surface area contributed by atoms with E-state index in [1.165, 1.54) is 6.08 Å². The molecule has 1 N–H and O–H groups in total. The Morgan fingerprint density at radius 2 is 2.27 bits per heavy atom. The number of nitrogens with zero attached hydrogens (tertiary/aromatic N) is 2. The third-order valence-corrected chi connectivity index (χ3v) is 3.98. The van der Waals surface area contributed by atoms with E-state index in [4.69, 9.17) is 11.6 Å². The summed E-state index contributed by atoms with van der Waals surface area (Å²) in [5.74, 6) is -0.250. The minimum Gasteiger partial charge on any atom is -0.321 e. The second-order valence-electron chi connectivity index (χ2n) is 4.64. The van der Waals surface area contributed by atoms with Crippen molar-refractivity contribution < 1.29 is 4.79 Å². The molecule has 0 saturated heterocycles. The number of rotatable bonds is 3. The van der Waals surface area contributed by atoms with E-state index < -0.39 is 0 Å². The number of aromatic nitrogens is 2. The third-order valence-electron chi connectivity index (χ3n) is 2.97. The summed E-state index contributed by atoms with van der Waals surface area (Å²) in [6.07, 6.45) is 4.81. The number of hydrogen-bond donors (Lipinski definition) is 1. The lowest BCUT2D eigenvalue weighted by atomic mass is 10.2. The monoisotopic (exact) mass is 329 g/mol. The lowest BCUT2D eigenvalue weighted by Crippen LogP contribution is -2.08. The molecule has 6 heteroatoms. The number of fused-ring (bicyclic) bond motifs is 1. The van der Waals surface area contributed by atoms with Gasteiger partial charge in [-0.2, -0.15) is 0 Å². The van der Waals surface area contributed by atoms with E-state index in [0.29, 0.717) is 16.2 Å². The summed E-state index contributed by atoms with van der Waals surface area (Å²) in [6.45, 7) is 1.92. The summed E-state index contributed by atoms with van der Waals surface area (Å²) in [4.78, 5) is 20.6. The summed E-state index contributed by atoms with van der Waals surface area (Å²) in [6, 6.07) is 7.23. The molecule has 0 unspecified atom stereocenters. The fourth-order valence-electron chi connectivity index (χ4n) is 2.04. The molecule has 1 aromatic carbocycles. The fraction of sp³-hybridized carbons (Fsp3) is 0.0625. The van der Waals surface area contributed by atoms with Crippen LogP contribution >= 0.6 is 22.9 Å². The molecule has 2 aromatic heterocycles. The van der Waals surface area contributed by atoms with Crippen LogP contribution in [0.1, 0.15) is 10.7 Å². The molecular formula is C16H12ClN3OS. The number of amides is 1. The number of nitrogens with one attached hydrogen (secondary N) is 1. The summed E-state index contributed by atoms with van der Waals surface area (Å²) >= 11 is 7.62. The summed E-state index contributed by atoms with van der Waals surface area (Å²) in [5.41, 5.74) is 2.07. The Hall–Kier alpha value is -2.24. The lowest BCUT2D eigenvalue weighted by molar-refractivity contribution is -0.111. The van der Waals surface area contributed by atoms with Gasteiger partial charge in [0.2, 0.25) is 5.91 Å². The van der Waals surface area contributed by atoms with Gasteiger partial charge < -0.3 is 5.32 Å². The lowest BCUT2D eigenvalue weighted by Gasteiger charge is -2.07. The standard InChI is InChI=1S/C16H12ClN3OS/c1-10-19-13(9-22-10)4-5-15(21)20-14-8-12(17)7-11-3-2-6-18-16(11)14/h2-9H,1H3,(H,20,21)/b5-4+. The highest BCUT2D eigenvalue weighted by Gasteiger charge is 2.06. The van der Waals surface area contributed by atoms with Crippen LogP contribution in [0.15, 0.2) is 41.9 Å². The van der Waals surface area contributed by atoms with E-state index in [2.05, 4.69) is 15.3 Å². The molecule has 0 spiro atoms. The molecule has 0 fully saturated rings. The van der Waals surface area contributed by atoms with Gasteiger partial charge in [-0.05, 0) is 31.2 Å². The van der Waals surface area contributed by atoms with Gasteiger partial charge in [0.1, 0.15) is 0 Å². The number of halogens is 1. The van der Waals surface area contributed by atoms with E-state index in [-0.39, 0.29) is 5.91 Å². The molecule has 3 rings (SSSR count). The molecule has 1 amide bonds. The second kappa shape index (κ2) is 6.25. The third kappa shape index (κ3) is 3.32. The van der Waals surface area contributed by atoms with Crippen molar-refractivity contribution in [3.05, 3.63) is 57.6 Å². The zero-order valence-electron chi connectivity index (χ0n) is 11.7. The minimum atomic E-state index is -0.250. The first-order valence-corrected chi connectivity index (χ1v) is 7.83. The zero-order chi connectivity index (χ0) is 15.5. The SMILES string of the molecule is Cc1nc(/C=C/C(=O)Nc2cc(Cl)cc3cccnc23)cs1. The largest absolute Gasteiger partial charge is 0.321 e. The molecule has 110 valence electrons. The number of benzene rings is 1. The predicted octanol–water partition coefficient (Wildman–Crippen LogP) is 4.31. The summed E-state index contributed by atoms with van der Waals surface area (Å²) < 4.78 is 0. The number of pyridine rings is 1. The van der Waals surface area contributed by atoms with Gasteiger partial charge in [0.05, 0.1) is 21.9 Å². The molecule has 0 bridgehead atoms. The molecule has 0 saturated carbocycles. The number of thiazole rings is 1. The number of anilines is 1. The van der Waals surface area contributed by atoms with Crippen LogP contribution < -0.4 is 5.32 Å². The summed E-state index contributed by atoms with van der Waals surface area (Å²) in [7, 11) is 0.